The zero-order valence-corrected chi connectivity index (χ0v) is 11.4. The van der Waals surface area contributed by atoms with Gasteiger partial charge in [0.1, 0.15) is 0 Å². The van der Waals surface area contributed by atoms with E-state index in [4.69, 9.17) is 0 Å². The van der Waals surface area contributed by atoms with Crippen molar-refractivity contribution in [2.75, 3.05) is 27.2 Å². The van der Waals surface area contributed by atoms with Crippen LogP contribution in [0.2, 0.25) is 0 Å². The maximum Gasteiger partial charge on any atom is 0.0683 e. The minimum Gasteiger partial charge on any atom is -0.394 e. The van der Waals surface area contributed by atoms with Crippen LogP contribution in [0.1, 0.15) is 24.8 Å². The topological polar surface area (TPSA) is 35.5 Å². The molecule has 1 atom stereocenters. The van der Waals surface area contributed by atoms with Crippen molar-refractivity contribution in [3.63, 3.8) is 0 Å². The summed E-state index contributed by atoms with van der Waals surface area (Å²) in [6.07, 6.45) is 3.39. The van der Waals surface area contributed by atoms with Crippen LogP contribution < -0.4 is 5.32 Å². The molecule has 1 unspecified atom stereocenters. The first-order valence-electron chi connectivity index (χ1n) is 6.75. The Hall–Kier alpha value is -0.900. The molecule has 1 fully saturated rings. The van der Waals surface area contributed by atoms with Crippen LogP contribution in [0.4, 0.5) is 0 Å². The van der Waals surface area contributed by atoms with Crippen LogP contribution in [0, 0.1) is 0 Å². The zero-order chi connectivity index (χ0) is 13.0. The molecule has 0 saturated heterocycles. The number of hydrogen-bond acceptors (Lipinski definition) is 3. The minimum absolute atomic E-state index is 0.154. The predicted octanol–water partition coefficient (Wildman–Crippen LogP) is 1.58. The lowest BCUT2D eigenvalue weighted by Crippen LogP contribution is -2.48. The molecule has 1 aliphatic carbocycles. The number of nitrogens with zero attached hydrogens (tertiary/aromatic N) is 1. The Balaban J connectivity index is 2.18. The Morgan fingerprint density at radius 3 is 2.44 bits per heavy atom. The van der Waals surface area contributed by atoms with Crippen molar-refractivity contribution < 1.29 is 5.11 Å². The maximum atomic E-state index is 9.94. The van der Waals surface area contributed by atoms with Gasteiger partial charge in [0, 0.05) is 6.04 Å². The summed E-state index contributed by atoms with van der Waals surface area (Å²) in [5, 5.41) is 13.6. The molecule has 0 aliphatic heterocycles. The molecule has 0 bridgehead atoms. The molecule has 2 rings (SSSR count). The Morgan fingerprint density at radius 2 is 1.94 bits per heavy atom. The molecule has 1 aliphatic rings. The van der Waals surface area contributed by atoms with Gasteiger partial charge in [0.05, 0.1) is 12.1 Å². The lowest BCUT2D eigenvalue weighted by Gasteiger charge is -2.35. The predicted molar refractivity (Wildman–Crippen MR) is 74.5 cm³/mol. The first-order valence-corrected chi connectivity index (χ1v) is 6.75. The smallest absolute Gasteiger partial charge is 0.0683 e. The van der Waals surface area contributed by atoms with Gasteiger partial charge < -0.3 is 15.3 Å². The van der Waals surface area contributed by atoms with Crippen molar-refractivity contribution in [1.29, 1.82) is 0 Å². The van der Waals surface area contributed by atoms with Gasteiger partial charge in [-0.05, 0) is 45.5 Å². The standard InChI is InChI=1S/C15H24N2O/c1-17(2)11-10-15(12-18,16-14-8-9-14)13-6-4-3-5-7-13/h3-7,14,16,18H,8-12H2,1-2H3. The number of aliphatic hydroxyl groups excluding tert-OH is 1. The number of rotatable bonds is 7. The van der Waals surface area contributed by atoms with Crippen LogP contribution in [0.5, 0.6) is 0 Å². The second-order valence-electron chi connectivity index (χ2n) is 5.58. The van der Waals surface area contributed by atoms with Crippen molar-refractivity contribution in [2.45, 2.75) is 30.8 Å². The van der Waals surface area contributed by atoms with Crippen LogP contribution in [-0.4, -0.2) is 43.3 Å². The fourth-order valence-electron chi connectivity index (χ4n) is 2.31. The first kappa shape index (κ1) is 13.5. The Labute approximate surface area is 110 Å². The molecule has 1 aromatic rings. The fraction of sp³-hybridized carbons (Fsp3) is 0.600. The first-order chi connectivity index (χ1) is 8.66. The van der Waals surface area contributed by atoms with Crippen LogP contribution >= 0.6 is 0 Å². The summed E-state index contributed by atoms with van der Waals surface area (Å²) >= 11 is 0. The largest absolute Gasteiger partial charge is 0.394 e. The van der Waals surface area contributed by atoms with E-state index in [9.17, 15) is 5.11 Å². The normalized spacial score (nSPS) is 18.9. The van der Waals surface area contributed by atoms with Crippen molar-refractivity contribution >= 4 is 0 Å². The van der Waals surface area contributed by atoms with Crippen molar-refractivity contribution in [2.24, 2.45) is 0 Å². The number of benzene rings is 1. The van der Waals surface area contributed by atoms with E-state index in [0.29, 0.717) is 6.04 Å². The molecule has 0 spiro atoms. The summed E-state index contributed by atoms with van der Waals surface area (Å²) in [5.74, 6) is 0. The molecule has 0 amide bonds. The van der Waals surface area contributed by atoms with Crippen molar-refractivity contribution in [1.82, 2.24) is 10.2 Å². The zero-order valence-electron chi connectivity index (χ0n) is 11.4. The molecular formula is C15H24N2O. The van der Waals surface area contributed by atoms with Gasteiger partial charge in [-0.15, -0.1) is 0 Å². The van der Waals surface area contributed by atoms with Gasteiger partial charge in [-0.1, -0.05) is 30.3 Å². The molecule has 0 radical (unpaired) electrons. The fourth-order valence-corrected chi connectivity index (χ4v) is 2.31. The van der Waals surface area contributed by atoms with Crippen LogP contribution in [0.25, 0.3) is 0 Å². The summed E-state index contributed by atoms with van der Waals surface area (Å²) in [6.45, 7) is 1.12. The van der Waals surface area contributed by atoms with Gasteiger partial charge in [-0.3, -0.25) is 0 Å². The van der Waals surface area contributed by atoms with Gasteiger partial charge >= 0.3 is 0 Å². The summed E-state index contributed by atoms with van der Waals surface area (Å²) in [6, 6.07) is 10.9. The number of aliphatic hydroxyl groups is 1. The summed E-state index contributed by atoms with van der Waals surface area (Å²) in [5.41, 5.74) is 0.911. The van der Waals surface area contributed by atoms with E-state index in [-0.39, 0.29) is 12.1 Å². The van der Waals surface area contributed by atoms with E-state index in [2.05, 4.69) is 36.4 Å². The highest BCUT2D eigenvalue weighted by Gasteiger charge is 2.36. The quantitative estimate of drug-likeness (QED) is 0.769. The van der Waals surface area contributed by atoms with E-state index < -0.39 is 0 Å². The van der Waals surface area contributed by atoms with Crippen LogP contribution in [0.15, 0.2) is 30.3 Å². The molecule has 1 aromatic carbocycles. The average molecular weight is 248 g/mol. The molecule has 0 aromatic heterocycles. The maximum absolute atomic E-state index is 9.94. The lowest BCUT2D eigenvalue weighted by atomic mass is 9.87. The molecular weight excluding hydrogens is 224 g/mol. The van der Waals surface area contributed by atoms with E-state index >= 15 is 0 Å². The van der Waals surface area contributed by atoms with Crippen molar-refractivity contribution in [3.8, 4) is 0 Å². The van der Waals surface area contributed by atoms with Gasteiger partial charge in [0.25, 0.3) is 0 Å². The molecule has 0 heterocycles. The summed E-state index contributed by atoms with van der Waals surface area (Å²) < 4.78 is 0. The Morgan fingerprint density at radius 1 is 1.28 bits per heavy atom. The minimum atomic E-state index is -0.285. The number of nitrogens with one attached hydrogen (secondary N) is 1. The molecule has 1 saturated carbocycles. The third-order valence-electron chi connectivity index (χ3n) is 3.64. The summed E-state index contributed by atoms with van der Waals surface area (Å²) in [7, 11) is 4.15. The van der Waals surface area contributed by atoms with Gasteiger partial charge in [-0.25, -0.2) is 0 Å². The van der Waals surface area contributed by atoms with E-state index in [1.807, 2.05) is 18.2 Å². The molecule has 100 valence electrons. The van der Waals surface area contributed by atoms with Crippen LogP contribution in [-0.2, 0) is 5.54 Å². The summed E-state index contributed by atoms with van der Waals surface area (Å²) in [4.78, 5) is 2.17. The lowest BCUT2D eigenvalue weighted by molar-refractivity contribution is 0.138. The second-order valence-corrected chi connectivity index (χ2v) is 5.58. The van der Waals surface area contributed by atoms with E-state index in [1.54, 1.807) is 0 Å². The van der Waals surface area contributed by atoms with Crippen LogP contribution in [0.3, 0.4) is 0 Å². The van der Waals surface area contributed by atoms with Gasteiger partial charge in [-0.2, -0.15) is 0 Å². The van der Waals surface area contributed by atoms with E-state index in [1.165, 1.54) is 18.4 Å². The highest BCUT2D eigenvalue weighted by molar-refractivity contribution is 5.25. The molecule has 2 N–H and O–H groups in total. The second kappa shape index (κ2) is 5.83. The van der Waals surface area contributed by atoms with Gasteiger partial charge in [0.15, 0.2) is 0 Å². The average Bonchev–Trinajstić information content (AvgIpc) is 3.19. The van der Waals surface area contributed by atoms with Gasteiger partial charge in [0.2, 0.25) is 0 Å². The third-order valence-corrected chi connectivity index (χ3v) is 3.64. The van der Waals surface area contributed by atoms with Crippen molar-refractivity contribution in [3.05, 3.63) is 35.9 Å². The Bertz CT molecular complexity index is 362. The molecule has 3 heteroatoms. The molecule has 18 heavy (non-hydrogen) atoms. The van der Waals surface area contributed by atoms with E-state index in [0.717, 1.165) is 13.0 Å². The SMILES string of the molecule is CN(C)CCC(CO)(NC1CC1)c1ccccc1. The number of hydrogen-bond donors (Lipinski definition) is 2. The third kappa shape index (κ3) is 3.31. The Kier molecular flexibility index (Phi) is 4.38. The highest BCUT2D eigenvalue weighted by atomic mass is 16.3. The highest BCUT2D eigenvalue weighted by Crippen LogP contribution is 2.31. The monoisotopic (exact) mass is 248 g/mol. The molecule has 3 nitrogen and oxygen atoms in total.